The minimum absolute atomic E-state index is 0.157. The molecule has 1 saturated heterocycles. The van der Waals surface area contributed by atoms with Gasteiger partial charge in [-0.3, -0.25) is 9.59 Å². The molecule has 1 amide bonds. The number of para-hydroxylation sites is 2. The van der Waals surface area contributed by atoms with Gasteiger partial charge < -0.3 is 19.3 Å². The molecule has 0 aromatic heterocycles. The molecule has 7 heteroatoms. The van der Waals surface area contributed by atoms with Crippen LogP contribution in [0.15, 0.2) is 59.5 Å². The van der Waals surface area contributed by atoms with Gasteiger partial charge in [0.15, 0.2) is 6.61 Å². The van der Waals surface area contributed by atoms with Crippen LogP contribution < -0.4 is 9.64 Å². The molecule has 154 valence electrons. The van der Waals surface area contributed by atoms with Crippen molar-refractivity contribution >= 4 is 29.3 Å². The number of amides is 1. The first-order chi connectivity index (χ1) is 14.1. The van der Waals surface area contributed by atoms with Crippen LogP contribution in [0.25, 0.3) is 0 Å². The summed E-state index contributed by atoms with van der Waals surface area (Å²) < 4.78 is 10.7. The number of nitrogens with zero attached hydrogens (tertiary/aromatic N) is 2. The predicted molar refractivity (Wildman–Crippen MR) is 115 cm³/mol. The first-order valence-corrected chi connectivity index (χ1v) is 10.5. The smallest absolute Gasteiger partial charge is 0.319 e. The van der Waals surface area contributed by atoms with Gasteiger partial charge in [0.1, 0.15) is 11.0 Å². The van der Waals surface area contributed by atoms with Crippen molar-refractivity contribution in [3.05, 3.63) is 54.6 Å². The first kappa shape index (κ1) is 21.0. The van der Waals surface area contributed by atoms with Crippen molar-refractivity contribution in [1.29, 1.82) is 0 Å². The highest BCUT2D eigenvalue weighted by atomic mass is 32.2. The molecule has 3 rings (SSSR count). The molecule has 0 radical (unpaired) electrons. The largest absolute Gasteiger partial charge is 0.495 e. The van der Waals surface area contributed by atoms with Crippen molar-refractivity contribution in [1.82, 2.24) is 4.90 Å². The van der Waals surface area contributed by atoms with E-state index in [4.69, 9.17) is 9.47 Å². The zero-order valence-corrected chi connectivity index (χ0v) is 17.6. The Balaban J connectivity index is 1.44. The van der Waals surface area contributed by atoms with Gasteiger partial charge >= 0.3 is 5.97 Å². The molecule has 1 heterocycles. The molecular formula is C22H26N2O4S. The Hall–Kier alpha value is -2.67. The second kappa shape index (κ2) is 10.2. The predicted octanol–water partition coefficient (Wildman–Crippen LogP) is 3.07. The number of anilines is 1. The van der Waals surface area contributed by atoms with Gasteiger partial charge in [-0.05, 0) is 31.2 Å². The number of hydrogen-bond acceptors (Lipinski definition) is 6. The highest BCUT2D eigenvalue weighted by molar-refractivity contribution is 8.00. The van der Waals surface area contributed by atoms with Crippen LogP contribution in [0.3, 0.4) is 0 Å². The van der Waals surface area contributed by atoms with Crippen molar-refractivity contribution in [3.8, 4) is 5.75 Å². The van der Waals surface area contributed by atoms with E-state index in [1.54, 1.807) is 18.9 Å². The van der Waals surface area contributed by atoms with Crippen LogP contribution in [0.4, 0.5) is 5.69 Å². The Labute approximate surface area is 175 Å². The van der Waals surface area contributed by atoms with E-state index in [2.05, 4.69) is 4.90 Å². The topological polar surface area (TPSA) is 59.1 Å². The fraction of sp³-hybridized carbons (Fsp3) is 0.364. The lowest BCUT2D eigenvalue weighted by Gasteiger charge is -2.36. The van der Waals surface area contributed by atoms with E-state index in [-0.39, 0.29) is 23.7 Å². The van der Waals surface area contributed by atoms with E-state index in [9.17, 15) is 9.59 Å². The van der Waals surface area contributed by atoms with E-state index in [0.717, 1.165) is 16.3 Å². The van der Waals surface area contributed by atoms with Crippen LogP contribution in [0.5, 0.6) is 5.75 Å². The minimum Gasteiger partial charge on any atom is -0.495 e. The lowest BCUT2D eigenvalue weighted by Crippen LogP contribution is -2.50. The third kappa shape index (κ3) is 5.67. The Kier molecular flexibility index (Phi) is 7.41. The monoisotopic (exact) mass is 414 g/mol. The number of benzene rings is 2. The van der Waals surface area contributed by atoms with Crippen LogP contribution >= 0.6 is 11.8 Å². The Morgan fingerprint density at radius 3 is 2.34 bits per heavy atom. The van der Waals surface area contributed by atoms with Crippen molar-refractivity contribution in [2.45, 2.75) is 17.1 Å². The molecule has 0 unspecified atom stereocenters. The van der Waals surface area contributed by atoms with Gasteiger partial charge in [0.25, 0.3) is 5.91 Å². The first-order valence-electron chi connectivity index (χ1n) is 9.62. The van der Waals surface area contributed by atoms with E-state index < -0.39 is 0 Å². The van der Waals surface area contributed by atoms with Crippen molar-refractivity contribution in [2.75, 3.05) is 44.8 Å². The molecule has 2 aromatic carbocycles. The normalized spacial score (nSPS) is 15.0. The van der Waals surface area contributed by atoms with Crippen LogP contribution in [-0.2, 0) is 14.3 Å². The molecule has 1 aliphatic heterocycles. The van der Waals surface area contributed by atoms with E-state index >= 15 is 0 Å². The van der Waals surface area contributed by atoms with Gasteiger partial charge in [-0.15, -0.1) is 11.8 Å². The molecule has 29 heavy (non-hydrogen) atoms. The zero-order chi connectivity index (χ0) is 20.6. The molecule has 2 aromatic rings. The van der Waals surface area contributed by atoms with Gasteiger partial charge in [-0.2, -0.15) is 0 Å². The van der Waals surface area contributed by atoms with Gasteiger partial charge in [-0.1, -0.05) is 30.3 Å². The number of hydrogen-bond donors (Lipinski definition) is 0. The lowest BCUT2D eigenvalue weighted by molar-refractivity contribution is -0.151. The SMILES string of the molecule is COc1ccccc1N1CCN(C(=O)COC(=O)[C@H](C)Sc2ccccc2)CC1. The average Bonchev–Trinajstić information content (AvgIpc) is 2.78. The maximum atomic E-state index is 12.4. The van der Waals surface area contributed by atoms with E-state index in [1.807, 2.05) is 54.6 Å². The summed E-state index contributed by atoms with van der Waals surface area (Å²) in [7, 11) is 1.66. The lowest BCUT2D eigenvalue weighted by atomic mass is 10.2. The highest BCUT2D eigenvalue weighted by Gasteiger charge is 2.24. The Bertz CT molecular complexity index is 823. The molecule has 1 aliphatic rings. The summed E-state index contributed by atoms with van der Waals surface area (Å²) in [6, 6.07) is 17.5. The zero-order valence-electron chi connectivity index (χ0n) is 16.7. The number of piperazine rings is 1. The van der Waals surface area contributed by atoms with Crippen LogP contribution in [0.2, 0.25) is 0 Å². The summed E-state index contributed by atoms with van der Waals surface area (Å²) in [5.74, 6) is 0.293. The van der Waals surface area contributed by atoms with Crippen LogP contribution in [-0.4, -0.2) is 61.9 Å². The molecule has 0 bridgehead atoms. The van der Waals surface area contributed by atoms with Crippen molar-refractivity contribution < 1.29 is 19.1 Å². The molecule has 0 N–H and O–H groups in total. The average molecular weight is 415 g/mol. The fourth-order valence-electron chi connectivity index (χ4n) is 3.18. The van der Waals surface area contributed by atoms with Crippen molar-refractivity contribution in [3.63, 3.8) is 0 Å². The third-order valence-corrected chi connectivity index (χ3v) is 5.87. The quantitative estimate of drug-likeness (QED) is 0.513. The summed E-state index contributed by atoms with van der Waals surface area (Å²) >= 11 is 1.42. The highest BCUT2D eigenvalue weighted by Crippen LogP contribution is 2.28. The van der Waals surface area contributed by atoms with E-state index in [0.29, 0.717) is 26.2 Å². The molecule has 0 aliphatic carbocycles. The maximum absolute atomic E-state index is 12.4. The number of thioether (sulfide) groups is 1. The van der Waals surface area contributed by atoms with Crippen LogP contribution in [0.1, 0.15) is 6.92 Å². The van der Waals surface area contributed by atoms with Gasteiger partial charge in [0, 0.05) is 31.1 Å². The van der Waals surface area contributed by atoms with Gasteiger partial charge in [0.05, 0.1) is 12.8 Å². The number of carbonyl (C=O) groups is 2. The summed E-state index contributed by atoms with van der Waals surface area (Å²) in [6.07, 6.45) is 0. The van der Waals surface area contributed by atoms with Gasteiger partial charge in [-0.25, -0.2) is 0 Å². The Morgan fingerprint density at radius 1 is 1.00 bits per heavy atom. The molecule has 1 atom stereocenters. The van der Waals surface area contributed by atoms with E-state index in [1.165, 1.54) is 11.8 Å². The number of esters is 1. The number of methoxy groups -OCH3 is 1. The second-order valence-electron chi connectivity index (χ2n) is 6.72. The standard InChI is InChI=1S/C22H26N2O4S/c1-17(29-18-8-4-3-5-9-18)22(26)28-16-21(25)24-14-12-23(13-15-24)19-10-6-7-11-20(19)27-2/h3-11,17H,12-16H2,1-2H3/t17-/m0/s1. The Morgan fingerprint density at radius 2 is 1.66 bits per heavy atom. The molecular weight excluding hydrogens is 388 g/mol. The number of ether oxygens (including phenoxy) is 2. The molecule has 0 saturated carbocycles. The summed E-state index contributed by atoms with van der Waals surface area (Å²) in [5.41, 5.74) is 1.03. The third-order valence-electron chi connectivity index (χ3n) is 4.78. The summed E-state index contributed by atoms with van der Waals surface area (Å²) in [6.45, 7) is 4.16. The molecule has 0 spiro atoms. The molecule has 6 nitrogen and oxygen atoms in total. The fourth-order valence-corrected chi connectivity index (χ4v) is 4.07. The van der Waals surface area contributed by atoms with Crippen LogP contribution in [0, 0.1) is 0 Å². The van der Waals surface area contributed by atoms with Crippen molar-refractivity contribution in [2.24, 2.45) is 0 Å². The maximum Gasteiger partial charge on any atom is 0.319 e. The minimum atomic E-state index is -0.375. The summed E-state index contributed by atoms with van der Waals surface area (Å²) in [4.78, 5) is 29.6. The summed E-state index contributed by atoms with van der Waals surface area (Å²) in [5, 5.41) is -0.368. The second-order valence-corrected chi connectivity index (χ2v) is 8.13. The van der Waals surface area contributed by atoms with Gasteiger partial charge in [0.2, 0.25) is 0 Å². The number of carbonyl (C=O) groups excluding carboxylic acids is 2. The molecule has 1 fully saturated rings. The number of rotatable bonds is 7.